The van der Waals surface area contributed by atoms with Crippen LogP contribution in [-0.2, 0) is 14.4 Å². The van der Waals surface area contributed by atoms with Gasteiger partial charge in [0.2, 0.25) is 5.91 Å². The molecule has 0 aromatic rings. The van der Waals surface area contributed by atoms with Crippen molar-refractivity contribution in [3.05, 3.63) is 0 Å². The SMILES string of the molecule is CC1CCCN(C(=O)C(=O)NC(=O)C2CCNCC2)C1. The van der Waals surface area contributed by atoms with Gasteiger partial charge < -0.3 is 10.2 Å². The van der Waals surface area contributed by atoms with Gasteiger partial charge in [0.15, 0.2) is 0 Å². The Bertz CT molecular complexity index is 391. The van der Waals surface area contributed by atoms with E-state index in [-0.39, 0.29) is 11.8 Å². The van der Waals surface area contributed by atoms with E-state index >= 15 is 0 Å². The van der Waals surface area contributed by atoms with Crippen LogP contribution in [0.4, 0.5) is 0 Å². The molecule has 0 aliphatic carbocycles. The Morgan fingerprint density at radius 1 is 1.15 bits per heavy atom. The third kappa shape index (κ3) is 3.79. The molecule has 2 aliphatic rings. The number of carbonyl (C=O) groups is 3. The van der Waals surface area contributed by atoms with Gasteiger partial charge >= 0.3 is 11.8 Å². The van der Waals surface area contributed by atoms with E-state index in [1.807, 2.05) is 0 Å². The van der Waals surface area contributed by atoms with Crippen LogP contribution in [0.25, 0.3) is 0 Å². The summed E-state index contributed by atoms with van der Waals surface area (Å²) in [6.07, 6.45) is 3.43. The molecule has 0 radical (unpaired) electrons. The highest BCUT2D eigenvalue weighted by Crippen LogP contribution is 2.15. The van der Waals surface area contributed by atoms with Gasteiger partial charge in [-0.05, 0) is 44.7 Å². The minimum Gasteiger partial charge on any atom is -0.334 e. The molecule has 2 rings (SSSR count). The van der Waals surface area contributed by atoms with Gasteiger partial charge in [-0.3, -0.25) is 19.7 Å². The average molecular weight is 281 g/mol. The number of carbonyl (C=O) groups excluding carboxylic acids is 3. The summed E-state index contributed by atoms with van der Waals surface area (Å²) in [5, 5.41) is 5.43. The first-order valence-corrected chi connectivity index (χ1v) is 7.42. The molecule has 2 saturated heterocycles. The topological polar surface area (TPSA) is 78.5 Å². The first-order chi connectivity index (χ1) is 9.58. The maximum Gasteiger partial charge on any atom is 0.316 e. The summed E-state index contributed by atoms with van der Waals surface area (Å²) in [4.78, 5) is 37.4. The highest BCUT2D eigenvalue weighted by atomic mass is 16.2. The van der Waals surface area contributed by atoms with Crippen LogP contribution in [0.15, 0.2) is 0 Å². The zero-order valence-corrected chi connectivity index (χ0v) is 12.0. The Hall–Kier alpha value is -1.43. The second-order valence-electron chi connectivity index (χ2n) is 5.84. The molecule has 0 spiro atoms. The lowest BCUT2D eigenvalue weighted by Gasteiger charge is -2.30. The van der Waals surface area contributed by atoms with E-state index in [0.29, 0.717) is 31.8 Å². The molecule has 2 N–H and O–H groups in total. The number of amides is 3. The maximum atomic E-state index is 12.0. The van der Waals surface area contributed by atoms with Crippen molar-refractivity contribution in [1.82, 2.24) is 15.5 Å². The fourth-order valence-electron chi connectivity index (χ4n) is 2.87. The summed E-state index contributed by atoms with van der Waals surface area (Å²) in [6.45, 7) is 4.84. The van der Waals surface area contributed by atoms with Crippen LogP contribution in [-0.4, -0.2) is 48.8 Å². The number of hydrogen-bond donors (Lipinski definition) is 2. The summed E-state index contributed by atoms with van der Waals surface area (Å²) >= 11 is 0. The molecule has 2 aliphatic heterocycles. The summed E-state index contributed by atoms with van der Waals surface area (Å²) in [6, 6.07) is 0. The fraction of sp³-hybridized carbons (Fsp3) is 0.786. The molecule has 6 heteroatoms. The molecule has 1 unspecified atom stereocenters. The molecule has 112 valence electrons. The summed E-state index contributed by atoms with van der Waals surface area (Å²) in [7, 11) is 0. The molecular formula is C14H23N3O3. The van der Waals surface area contributed by atoms with Crippen LogP contribution in [0.1, 0.15) is 32.6 Å². The molecule has 0 bridgehead atoms. The largest absolute Gasteiger partial charge is 0.334 e. The Kier molecular flexibility index (Phi) is 5.11. The molecule has 6 nitrogen and oxygen atoms in total. The fourth-order valence-corrected chi connectivity index (χ4v) is 2.87. The molecule has 0 aromatic heterocycles. The number of rotatable bonds is 1. The number of imide groups is 1. The van der Waals surface area contributed by atoms with Crippen molar-refractivity contribution in [2.75, 3.05) is 26.2 Å². The Balaban J connectivity index is 1.83. The number of nitrogens with one attached hydrogen (secondary N) is 2. The number of likely N-dealkylation sites (tertiary alicyclic amines) is 1. The van der Waals surface area contributed by atoms with E-state index < -0.39 is 11.8 Å². The minimum atomic E-state index is -0.775. The van der Waals surface area contributed by atoms with Gasteiger partial charge in [0.25, 0.3) is 0 Å². The molecule has 2 fully saturated rings. The molecule has 2 heterocycles. The monoisotopic (exact) mass is 281 g/mol. The zero-order valence-electron chi connectivity index (χ0n) is 12.0. The second kappa shape index (κ2) is 6.83. The Morgan fingerprint density at radius 3 is 2.50 bits per heavy atom. The number of nitrogens with zero attached hydrogens (tertiary/aromatic N) is 1. The predicted molar refractivity (Wildman–Crippen MR) is 73.7 cm³/mol. The average Bonchev–Trinajstić information content (AvgIpc) is 2.47. The van der Waals surface area contributed by atoms with Crippen molar-refractivity contribution in [2.45, 2.75) is 32.6 Å². The highest BCUT2D eigenvalue weighted by molar-refractivity contribution is 6.37. The summed E-state index contributed by atoms with van der Waals surface area (Å²) in [5.41, 5.74) is 0. The molecular weight excluding hydrogens is 258 g/mol. The smallest absolute Gasteiger partial charge is 0.316 e. The molecule has 1 atom stereocenters. The first-order valence-electron chi connectivity index (χ1n) is 7.42. The summed E-state index contributed by atoms with van der Waals surface area (Å²) in [5.74, 6) is -1.40. The Morgan fingerprint density at radius 2 is 1.85 bits per heavy atom. The van der Waals surface area contributed by atoms with Gasteiger partial charge in [0.1, 0.15) is 0 Å². The van der Waals surface area contributed by atoms with Gasteiger partial charge in [-0.15, -0.1) is 0 Å². The van der Waals surface area contributed by atoms with Crippen LogP contribution >= 0.6 is 0 Å². The molecule has 20 heavy (non-hydrogen) atoms. The van der Waals surface area contributed by atoms with Crippen molar-refractivity contribution in [1.29, 1.82) is 0 Å². The second-order valence-corrected chi connectivity index (χ2v) is 5.84. The zero-order chi connectivity index (χ0) is 14.5. The van der Waals surface area contributed by atoms with Gasteiger partial charge in [-0.2, -0.15) is 0 Å². The molecule has 0 aromatic carbocycles. The third-order valence-corrected chi connectivity index (χ3v) is 4.09. The van der Waals surface area contributed by atoms with Crippen molar-refractivity contribution in [3.8, 4) is 0 Å². The van der Waals surface area contributed by atoms with E-state index in [2.05, 4.69) is 17.6 Å². The van der Waals surface area contributed by atoms with Crippen molar-refractivity contribution >= 4 is 17.7 Å². The number of hydrogen-bond acceptors (Lipinski definition) is 4. The normalized spacial score (nSPS) is 24.2. The quantitative estimate of drug-likeness (QED) is 0.657. The molecule has 0 saturated carbocycles. The van der Waals surface area contributed by atoms with E-state index in [1.165, 1.54) is 0 Å². The highest BCUT2D eigenvalue weighted by Gasteiger charge is 2.29. The maximum absolute atomic E-state index is 12.0. The number of piperidine rings is 2. The van der Waals surface area contributed by atoms with Gasteiger partial charge in [0.05, 0.1) is 0 Å². The van der Waals surface area contributed by atoms with Crippen LogP contribution in [0.2, 0.25) is 0 Å². The lowest BCUT2D eigenvalue weighted by molar-refractivity contribution is -0.149. The van der Waals surface area contributed by atoms with Crippen molar-refractivity contribution in [3.63, 3.8) is 0 Å². The van der Waals surface area contributed by atoms with Crippen LogP contribution in [0.5, 0.6) is 0 Å². The van der Waals surface area contributed by atoms with E-state index in [9.17, 15) is 14.4 Å². The standard InChI is InChI=1S/C14H23N3O3/c1-10-3-2-8-17(9-10)14(20)13(19)16-12(18)11-4-6-15-7-5-11/h10-11,15H,2-9H2,1H3,(H,16,18,19). The van der Waals surface area contributed by atoms with Gasteiger partial charge in [0, 0.05) is 19.0 Å². The van der Waals surface area contributed by atoms with Crippen molar-refractivity contribution in [2.24, 2.45) is 11.8 Å². The van der Waals surface area contributed by atoms with Crippen LogP contribution < -0.4 is 10.6 Å². The lowest BCUT2D eigenvalue weighted by Crippen LogP contribution is -2.50. The van der Waals surface area contributed by atoms with E-state index in [1.54, 1.807) is 4.90 Å². The third-order valence-electron chi connectivity index (χ3n) is 4.09. The van der Waals surface area contributed by atoms with Gasteiger partial charge in [-0.25, -0.2) is 0 Å². The van der Waals surface area contributed by atoms with Crippen LogP contribution in [0.3, 0.4) is 0 Å². The van der Waals surface area contributed by atoms with E-state index in [4.69, 9.17) is 0 Å². The van der Waals surface area contributed by atoms with Gasteiger partial charge in [-0.1, -0.05) is 6.92 Å². The first kappa shape index (κ1) is 15.0. The minimum absolute atomic E-state index is 0.159. The van der Waals surface area contributed by atoms with E-state index in [0.717, 1.165) is 25.9 Å². The molecule has 3 amide bonds. The summed E-state index contributed by atoms with van der Waals surface area (Å²) < 4.78 is 0. The Labute approximate surface area is 119 Å². The lowest BCUT2D eigenvalue weighted by atomic mass is 9.97. The predicted octanol–water partition coefficient (Wildman–Crippen LogP) is -0.113. The van der Waals surface area contributed by atoms with Crippen LogP contribution in [0, 0.1) is 11.8 Å². The van der Waals surface area contributed by atoms with Crippen molar-refractivity contribution < 1.29 is 14.4 Å².